The van der Waals surface area contributed by atoms with Crippen LogP contribution >= 0.6 is 23.4 Å². The van der Waals surface area contributed by atoms with E-state index in [4.69, 9.17) is 21.1 Å². The van der Waals surface area contributed by atoms with E-state index in [-0.39, 0.29) is 22.4 Å². The summed E-state index contributed by atoms with van der Waals surface area (Å²) in [6.45, 7) is 0.0913. The topological polar surface area (TPSA) is 72.9 Å². The summed E-state index contributed by atoms with van der Waals surface area (Å²) in [5, 5.41) is 1.84. The van der Waals surface area contributed by atoms with Gasteiger partial charge in [0.1, 0.15) is 0 Å². The minimum atomic E-state index is -0.511. The maximum Gasteiger partial charge on any atom is 0.344 e. The highest BCUT2D eigenvalue weighted by molar-refractivity contribution is 8.18. The summed E-state index contributed by atoms with van der Waals surface area (Å²) in [5.41, 5.74) is 1.74. The molecule has 1 fully saturated rings. The summed E-state index contributed by atoms with van der Waals surface area (Å²) < 4.78 is 11.1. The SMILES string of the molecule is COc1cc(/C=C2\SC(=O)N(Cc3ccccc3Cl)C2=O)ccc1OC(=O)c1cccc2ccccc12. The van der Waals surface area contributed by atoms with Crippen molar-refractivity contribution in [1.82, 2.24) is 4.90 Å². The van der Waals surface area contributed by atoms with Gasteiger partial charge in [-0.15, -0.1) is 0 Å². The molecule has 0 N–H and O–H groups in total. The molecule has 0 spiro atoms. The molecular formula is C29H20ClNO5S. The van der Waals surface area contributed by atoms with Crippen molar-refractivity contribution in [1.29, 1.82) is 0 Å². The molecule has 0 unspecified atom stereocenters. The lowest BCUT2D eigenvalue weighted by atomic mass is 10.0. The Labute approximate surface area is 222 Å². The van der Waals surface area contributed by atoms with Crippen LogP contribution in [0.2, 0.25) is 5.02 Å². The first kappa shape index (κ1) is 24.6. The van der Waals surface area contributed by atoms with Crippen LogP contribution in [-0.2, 0) is 11.3 Å². The Morgan fingerprint density at radius 2 is 1.70 bits per heavy atom. The number of carbonyl (C=O) groups excluding carboxylic acids is 3. The highest BCUT2D eigenvalue weighted by Crippen LogP contribution is 2.36. The fraction of sp³-hybridized carbons (Fsp3) is 0.0690. The van der Waals surface area contributed by atoms with E-state index in [9.17, 15) is 14.4 Å². The number of rotatable bonds is 6. The molecule has 8 heteroatoms. The fourth-order valence-corrected chi connectivity index (χ4v) is 5.03. The zero-order valence-electron chi connectivity index (χ0n) is 19.6. The van der Waals surface area contributed by atoms with Crippen LogP contribution in [0.3, 0.4) is 0 Å². The van der Waals surface area contributed by atoms with E-state index in [1.54, 1.807) is 60.7 Å². The van der Waals surface area contributed by atoms with E-state index in [1.807, 2.05) is 30.3 Å². The average Bonchev–Trinajstić information content (AvgIpc) is 3.17. The normalized spacial score (nSPS) is 14.4. The van der Waals surface area contributed by atoms with Crippen LogP contribution in [0.5, 0.6) is 11.5 Å². The maximum absolute atomic E-state index is 13.0. The molecule has 5 rings (SSSR count). The molecular weight excluding hydrogens is 510 g/mol. The summed E-state index contributed by atoms with van der Waals surface area (Å²) in [6, 6.07) is 25.0. The van der Waals surface area contributed by atoms with Gasteiger partial charge in [0.05, 0.1) is 24.1 Å². The Bertz CT molecular complexity index is 1580. The minimum absolute atomic E-state index is 0.0913. The molecule has 184 valence electrons. The standard InChI is InChI=1S/C29H20ClNO5S/c1-35-25-15-18(16-26-27(32)31(29(34)37-26)17-20-8-3-5-12-23(20)30)13-14-24(25)36-28(33)22-11-6-9-19-7-2-4-10-21(19)22/h2-16H,17H2,1H3/b26-16-. The Kier molecular flexibility index (Phi) is 6.99. The fourth-order valence-electron chi connectivity index (χ4n) is 4.00. The number of methoxy groups -OCH3 is 1. The van der Waals surface area contributed by atoms with E-state index >= 15 is 0 Å². The molecule has 1 aliphatic rings. The number of esters is 1. The smallest absolute Gasteiger partial charge is 0.344 e. The van der Waals surface area contributed by atoms with Gasteiger partial charge < -0.3 is 9.47 Å². The van der Waals surface area contributed by atoms with E-state index < -0.39 is 11.9 Å². The lowest BCUT2D eigenvalue weighted by Crippen LogP contribution is -2.27. The Hall–Kier alpha value is -4.07. The van der Waals surface area contributed by atoms with Crippen molar-refractivity contribution in [2.75, 3.05) is 7.11 Å². The Balaban J connectivity index is 1.36. The van der Waals surface area contributed by atoms with Crippen LogP contribution in [0.1, 0.15) is 21.5 Å². The first-order chi connectivity index (χ1) is 17.9. The van der Waals surface area contributed by atoms with Crippen LogP contribution in [-0.4, -0.2) is 29.1 Å². The predicted molar refractivity (Wildman–Crippen MR) is 145 cm³/mol. The van der Waals surface area contributed by atoms with Crippen LogP contribution in [0.4, 0.5) is 4.79 Å². The quantitative estimate of drug-likeness (QED) is 0.153. The summed E-state index contributed by atoms with van der Waals surface area (Å²) in [5.74, 6) is -0.356. The molecule has 0 radical (unpaired) electrons. The Morgan fingerprint density at radius 3 is 2.51 bits per heavy atom. The molecule has 4 aromatic carbocycles. The molecule has 0 saturated carbocycles. The van der Waals surface area contributed by atoms with Crippen LogP contribution in [0.15, 0.2) is 89.8 Å². The summed E-state index contributed by atoms with van der Waals surface area (Å²) in [6.07, 6.45) is 1.61. The third-order valence-corrected chi connectivity index (χ3v) is 7.13. The average molecular weight is 530 g/mol. The number of benzene rings is 4. The predicted octanol–water partition coefficient (Wildman–Crippen LogP) is 6.96. The molecule has 6 nitrogen and oxygen atoms in total. The van der Waals surface area contributed by atoms with Crippen molar-refractivity contribution in [2.45, 2.75) is 6.54 Å². The first-order valence-corrected chi connectivity index (χ1v) is 12.5. The number of carbonyl (C=O) groups is 3. The van der Waals surface area contributed by atoms with E-state index in [2.05, 4.69) is 0 Å². The molecule has 1 saturated heterocycles. The first-order valence-electron chi connectivity index (χ1n) is 11.3. The van der Waals surface area contributed by atoms with Gasteiger partial charge in [0, 0.05) is 5.02 Å². The second-order valence-corrected chi connectivity index (χ2v) is 9.59. The van der Waals surface area contributed by atoms with E-state index in [0.717, 1.165) is 27.4 Å². The molecule has 37 heavy (non-hydrogen) atoms. The molecule has 4 aromatic rings. The van der Waals surface area contributed by atoms with Crippen molar-refractivity contribution >= 4 is 57.3 Å². The van der Waals surface area contributed by atoms with E-state index in [1.165, 1.54) is 7.11 Å². The molecule has 0 atom stereocenters. The summed E-state index contributed by atoms with van der Waals surface area (Å²) >= 11 is 7.05. The van der Waals surface area contributed by atoms with Gasteiger partial charge in [0.2, 0.25) is 0 Å². The van der Waals surface area contributed by atoms with Gasteiger partial charge >= 0.3 is 5.97 Å². The number of hydrogen-bond donors (Lipinski definition) is 0. The number of amides is 2. The Morgan fingerprint density at radius 1 is 0.946 bits per heavy atom. The molecule has 0 aromatic heterocycles. The van der Waals surface area contributed by atoms with Gasteiger partial charge in [0.25, 0.3) is 11.1 Å². The summed E-state index contributed by atoms with van der Waals surface area (Å²) in [4.78, 5) is 39.9. The van der Waals surface area contributed by atoms with E-state index in [0.29, 0.717) is 27.5 Å². The number of fused-ring (bicyclic) bond motifs is 1. The van der Waals surface area contributed by atoms with Crippen LogP contribution in [0, 0.1) is 0 Å². The van der Waals surface area contributed by atoms with Crippen molar-refractivity contribution in [2.24, 2.45) is 0 Å². The van der Waals surface area contributed by atoms with Crippen molar-refractivity contribution < 1.29 is 23.9 Å². The number of nitrogens with zero attached hydrogens (tertiary/aromatic N) is 1. The van der Waals surface area contributed by atoms with Gasteiger partial charge in [-0.25, -0.2) is 4.79 Å². The highest BCUT2D eigenvalue weighted by atomic mass is 35.5. The number of halogens is 1. The minimum Gasteiger partial charge on any atom is -0.493 e. The van der Waals surface area contributed by atoms with Crippen molar-refractivity contribution in [3.05, 3.63) is 112 Å². The molecule has 0 aliphatic carbocycles. The molecule has 2 amide bonds. The third kappa shape index (κ3) is 5.09. The lowest BCUT2D eigenvalue weighted by Gasteiger charge is -2.13. The van der Waals surface area contributed by atoms with Gasteiger partial charge in [-0.05, 0) is 64.0 Å². The molecule has 1 aliphatic heterocycles. The van der Waals surface area contributed by atoms with Crippen molar-refractivity contribution in [3.63, 3.8) is 0 Å². The highest BCUT2D eigenvalue weighted by Gasteiger charge is 2.35. The molecule has 1 heterocycles. The van der Waals surface area contributed by atoms with Gasteiger partial charge in [0.15, 0.2) is 11.5 Å². The summed E-state index contributed by atoms with van der Waals surface area (Å²) in [7, 11) is 1.46. The van der Waals surface area contributed by atoms with Gasteiger partial charge in [-0.3, -0.25) is 14.5 Å². The number of ether oxygens (including phenoxy) is 2. The van der Waals surface area contributed by atoms with Crippen molar-refractivity contribution in [3.8, 4) is 11.5 Å². The van der Waals surface area contributed by atoms with Gasteiger partial charge in [-0.1, -0.05) is 72.3 Å². The monoisotopic (exact) mass is 529 g/mol. The largest absolute Gasteiger partial charge is 0.493 e. The zero-order chi connectivity index (χ0) is 25.9. The second kappa shape index (κ2) is 10.5. The molecule has 0 bridgehead atoms. The number of thioether (sulfide) groups is 1. The third-order valence-electron chi connectivity index (χ3n) is 5.86. The van der Waals surface area contributed by atoms with Crippen LogP contribution < -0.4 is 9.47 Å². The van der Waals surface area contributed by atoms with Gasteiger partial charge in [-0.2, -0.15) is 0 Å². The lowest BCUT2D eigenvalue weighted by molar-refractivity contribution is -0.123. The maximum atomic E-state index is 13.0. The number of hydrogen-bond acceptors (Lipinski definition) is 6. The van der Waals surface area contributed by atoms with Crippen LogP contribution in [0.25, 0.3) is 16.8 Å². The zero-order valence-corrected chi connectivity index (χ0v) is 21.2. The number of imide groups is 1. The second-order valence-electron chi connectivity index (χ2n) is 8.19.